The number of benzene rings is 1. The smallest absolute Gasteiger partial charge is 0.271 e. The van der Waals surface area contributed by atoms with Gasteiger partial charge in [-0.1, -0.05) is 11.2 Å². The van der Waals surface area contributed by atoms with Crippen LogP contribution in [0.4, 0.5) is 11.4 Å². The lowest BCUT2D eigenvalue weighted by atomic mass is 10.0. The molecule has 0 amide bonds. The summed E-state index contributed by atoms with van der Waals surface area (Å²) in [6.45, 7) is 3.35. The summed E-state index contributed by atoms with van der Waals surface area (Å²) in [7, 11) is -3.88. The molecule has 2 heterocycles. The van der Waals surface area contributed by atoms with Gasteiger partial charge in [0.05, 0.1) is 10.6 Å². The third-order valence-electron chi connectivity index (χ3n) is 3.87. The number of nitrogens with zero attached hydrogens (tertiary/aromatic N) is 3. The zero-order chi connectivity index (χ0) is 16.8. The van der Waals surface area contributed by atoms with Crippen molar-refractivity contribution in [2.75, 3.05) is 10.8 Å². The van der Waals surface area contributed by atoms with E-state index in [1.54, 1.807) is 13.0 Å². The highest BCUT2D eigenvalue weighted by Gasteiger charge is 2.34. The Labute approximate surface area is 132 Å². The Morgan fingerprint density at radius 1 is 1.35 bits per heavy atom. The summed E-state index contributed by atoms with van der Waals surface area (Å²) >= 11 is 0. The van der Waals surface area contributed by atoms with Crippen LogP contribution in [0.5, 0.6) is 0 Å². The minimum atomic E-state index is -3.88. The van der Waals surface area contributed by atoms with Gasteiger partial charge in [0.1, 0.15) is 5.69 Å². The van der Waals surface area contributed by atoms with Gasteiger partial charge in [-0.15, -0.1) is 0 Å². The maximum Gasteiger partial charge on any atom is 0.271 e. The molecule has 2 aromatic rings. The number of nitro benzene ring substituents is 1. The molecule has 9 heteroatoms. The first kappa shape index (κ1) is 15.5. The van der Waals surface area contributed by atoms with Gasteiger partial charge in [0.25, 0.3) is 15.7 Å². The zero-order valence-corrected chi connectivity index (χ0v) is 13.5. The summed E-state index contributed by atoms with van der Waals surface area (Å²) in [6.07, 6.45) is 1.33. The van der Waals surface area contributed by atoms with Crippen molar-refractivity contribution in [2.24, 2.45) is 0 Å². The fourth-order valence-corrected chi connectivity index (χ4v) is 4.68. The second-order valence-electron chi connectivity index (χ2n) is 5.40. The van der Waals surface area contributed by atoms with Gasteiger partial charge >= 0.3 is 0 Å². The molecule has 1 aliphatic rings. The molecular weight excluding hydrogens is 322 g/mol. The summed E-state index contributed by atoms with van der Waals surface area (Å²) in [5.74, 6) is 0.208. The monoisotopic (exact) mass is 337 g/mol. The molecule has 3 rings (SSSR count). The van der Waals surface area contributed by atoms with E-state index in [9.17, 15) is 18.5 Å². The second kappa shape index (κ2) is 5.34. The van der Waals surface area contributed by atoms with Crippen LogP contribution < -0.4 is 4.31 Å². The minimum absolute atomic E-state index is 0.0249. The lowest BCUT2D eigenvalue weighted by Gasteiger charge is -2.30. The number of rotatable bonds is 3. The highest BCUT2D eigenvalue weighted by atomic mass is 32.2. The highest BCUT2D eigenvalue weighted by Crippen LogP contribution is 2.36. The maximum atomic E-state index is 13.0. The summed E-state index contributed by atoms with van der Waals surface area (Å²) < 4.78 is 32.2. The van der Waals surface area contributed by atoms with E-state index in [2.05, 4.69) is 5.16 Å². The fourth-order valence-electron chi connectivity index (χ4n) is 2.85. The quantitative estimate of drug-likeness (QED) is 0.628. The number of non-ortho nitro benzene ring substituents is 1. The predicted molar refractivity (Wildman–Crippen MR) is 81.9 cm³/mol. The van der Waals surface area contributed by atoms with Crippen LogP contribution in [0.2, 0.25) is 0 Å². The summed E-state index contributed by atoms with van der Waals surface area (Å²) in [5, 5.41) is 14.7. The van der Waals surface area contributed by atoms with Gasteiger partial charge in [-0.25, -0.2) is 8.42 Å². The molecule has 0 bridgehead atoms. The van der Waals surface area contributed by atoms with E-state index in [1.165, 1.54) is 23.4 Å². The summed E-state index contributed by atoms with van der Waals surface area (Å²) in [4.78, 5) is 10.5. The Balaban J connectivity index is 2.16. The van der Waals surface area contributed by atoms with E-state index >= 15 is 0 Å². The molecule has 0 radical (unpaired) electrons. The minimum Gasteiger partial charge on any atom is -0.360 e. The van der Waals surface area contributed by atoms with Crippen molar-refractivity contribution >= 4 is 21.4 Å². The summed E-state index contributed by atoms with van der Waals surface area (Å²) in [6, 6.07) is 4.32. The van der Waals surface area contributed by atoms with Gasteiger partial charge in [-0.2, -0.15) is 0 Å². The molecule has 0 atom stereocenters. The number of aromatic nitrogens is 1. The van der Waals surface area contributed by atoms with Gasteiger partial charge in [0.2, 0.25) is 0 Å². The van der Waals surface area contributed by atoms with Crippen molar-refractivity contribution in [1.29, 1.82) is 0 Å². The van der Waals surface area contributed by atoms with E-state index in [4.69, 9.17) is 4.52 Å². The predicted octanol–water partition coefficient (Wildman–Crippen LogP) is 2.34. The number of anilines is 1. The van der Waals surface area contributed by atoms with E-state index in [0.29, 0.717) is 18.5 Å². The van der Waals surface area contributed by atoms with Crippen LogP contribution in [0, 0.1) is 24.0 Å². The van der Waals surface area contributed by atoms with Gasteiger partial charge in [0.15, 0.2) is 10.7 Å². The van der Waals surface area contributed by atoms with Crippen LogP contribution in [0.1, 0.15) is 23.4 Å². The SMILES string of the molecule is Cc1noc(C)c1S(=O)(=O)N1CCCc2ccc([N+](=O)[O-])cc21. The van der Waals surface area contributed by atoms with Gasteiger partial charge in [-0.3, -0.25) is 14.4 Å². The summed E-state index contributed by atoms with van der Waals surface area (Å²) in [5.41, 5.74) is 1.27. The number of nitro groups is 1. The normalized spacial score (nSPS) is 14.6. The number of fused-ring (bicyclic) bond motifs is 1. The molecule has 0 N–H and O–H groups in total. The van der Waals surface area contributed by atoms with Crippen LogP contribution in [-0.2, 0) is 16.4 Å². The molecule has 0 spiro atoms. The molecule has 0 unspecified atom stereocenters. The Morgan fingerprint density at radius 2 is 2.09 bits per heavy atom. The van der Waals surface area contributed by atoms with Crippen molar-refractivity contribution in [2.45, 2.75) is 31.6 Å². The first-order valence-electron chi connectivity index (χ1n) is 7.05. The topological polar surface area (TPSA) is 107 Å². The Bertz CT molecular complexity index is 868. The zero-order valence-electron chi connectivity index (χ0n) is 12.6. The van der Waals surface area contributed by atoms with Crippen LogP contribution >= 0.6 is 0 Å². The maximum absolute atomic E-state index is 13.0. The number of hydrogen-bond acceptors (Lipinski definition) is 6. The Morgan fingerprint density at radius 3 is 2.70 bits per heavy atom. The van der Waals surface area contributed by atoms with Crippen molar-refractivity contribution in [1.82, 2.24) is 5.16 Å². The van der Waals surface area contributed by atoms with E-state index in [1.807, 2.05) is 0 Å². The average molecular weight is 337 g/mol. The number of aryl methyl sites for hydroxylation is 3. The lowest BCUT2D eigenvalue weighted by Crippen LogP contribution is -2.36. The van der Waals surface area contributed by atoms with Crippen molar-refractivity contribution in [3.8, 4) is 0 Å². The van der Waals surface area contributed by atoms with E-state index in [-0.39, 0.29) is 28.6 Å². The molecule has 0 aliphatic carbocycles. The van der Waals surface area contributed by atoms with Crippen LogP contribution in [0.3, 0.4) is 0 Å². The van der Waals surface area contributed by atoms with Crippen molar-refractivity contribution in [3.63, 3.8) is 0 Å². The van der Waals surface area contributed by atoms with Gasteiger partial charge < -0.3 is 4.52 Å². The molecule has 0 fully saturated rings. The van der Waals surface area contributed by atoms with Crippen molar-refractivity contribution < 1.29 is 17.9 Å². The largest absolute Gasteiger partial charge is 0.360 e. The molecule has 23 heavy (non-hydrogen) atoms. The molecule has 1 aromatic heterocycles. The van der Waals surface area contributed by atoms with Gasteiger partial charge in [-0.05, 0) is 32.3 Å². The molecule has 0 saturated heterocycles. The van der Waals surface area contributed by atoms with Gasteiger partial charge in [0, 0.05) is 18.7 Å². The first-order chi connectivity index (χ1) is 10.8. The first-order valence-corrected chi connectivity index (χ1v) is 8.49. The Hall–Kier alpha value is -2.42. The standard InChI is InChI=1S/C14H15N3O5S/c1-9-14(10(2)22-15-9)23(20,21)16-7-3-4-11-5-6-12(17(18)19)8-13(11)16/h5-6,8H,3-4,7H2,1-2H3. The van der Waals surface area contributed by atoms with Crippen LogP contribution in [0.15, 0.2) is 27.6 Å². The molecular formula is C14H15N3O5S. The number of sulfonamides is 1. The van der Waals surface area contributed by atoms with E-state index < -0.39 is 14.9 Å². The molecule has 1 aliphatic heterocycles. The highest BCUT2D eigenvalue weighted by molar-refractivity contribution is 7.93. The Kier molecular flexibility index (Phi) is 3.59. The lowest BCUT2D eigenvalue weighted by molar-refractivity contribution is -0.384. The molecule has 8 nitrogen and oxygen atoms in total. The molecule has 1 aromatic carbocycles. The average Bonchev–Trinajstić information content (AvgIpc) is 2.85. The van der Waals surface area contributed by atoms with Crippen LogP contribution in [-0.4, -0.2) is 25.0 Å². The molecule has 122 valence electrons. The fraction of sp³-hybridized carbons (Fsp3) is 0.357. The third-order valence-corrected chi connectivity index (χ3v) is 5.93. The number of hydrogen-bond donors (Lipinski definition) is 0. The second-order valence-corrected chi connectivity index (χ2v) is 7.20. The van der Waals surface area contributed by atoms with Crippen molar-refractivity contribution in [3.05, 3.63) is 45.3 Å². The van der Waals surface area contributed by atoms with Crippen LogP contribution in [0.25, 0.3) is 0 Å². The van der Waals surface area contributed by atoms with E-state index in [0.717, 1.165) is 5.56 Å². The molecule has 0 saturated carbocycles. The third kappa shape index (κ3) is 2.46.